The lowest BCUT2D eigenvalue weighted by molar-refractivity contribution is -0.170. The Balaban J connectivity index is 1.55. The highest BCUT2D eigenvalue weighted by molar-refractivity contribution is 7.99. The van der Waals surface area contributed by atoms with Crippen molar-refractivity contribution in [3.63, 3.8) is 0 Å². The van der Waals surface area contributed by atoms with Crippen LogP contribution >= 0.6 is 11.8 Å². The fourth-order valence-electron chi connectivity index (χ4n) is 2.66. The number of nitrogens with one attached hydrogen (secondary N) is 1. The second-order valence-electron chi connectivity index (χ2n) is 6.07. The quantitative estimate of drug-likeness (QED) is 0.607. The molecule has 0 unspecified atom stereocenters. The molecule has 2 aromatic rings. The Kier molecular flexibility index (Phi) is 5.53. The van der Waals surface area contributed by atoms with Crippen molar-refractivity contribution in [3.05, 3.63) is 41.5 Å². The van der Waals surface area contributed by atoms with E-state index in [0.717, 1.165) is 28.7 Å². The summed E-state index contributed by atoms with van der Waals surface area (Å²) in [7, 11) is 0. The monoisotopic (exact) mass is 351 g/mol. The number of aromatic nitrogens is 3. The van der Waals surface area contributed by atoms with Gasteiger partial charge in [0.15, 0.2) is 5.79 Å². The van der Waals surface area contributed by atoms with Crippen LogP contribution in [-0.4, -0.2) is 34.1 Å². The fraction of sp³-hybridized carbons (Fsp3) is 0.529. The lowest BCUT2D eigenvalue weighted by Crippen LogP contribution is -2.27. The van der Waals surface area contributed by atoms with E-state index in [4.69, 9.17) is 9.47 Å². The van der Waals surface area contributed by atoms with Crippen LogP contribution in [0.2, 0.25) is 0 Å². The Morgan fingerprint density at radius 3 is 2.58 bits per heavy atom. The van der Waals surface area contributed by atoms with Gasteiger partial charge in [-0.1, -0.05) is 37.7 Å². The molecule has 1 aliphatic heterocycles. The minimum atomic E-state index is -0.754. The fourth-order valence-corrected chi connectivity index (χ4v) is 3.41. The Morgan fingerprint density at radius 2 is 1.96 bits per heavy atom. The van der Waals surface area contributed by atoms with Gasteiger partial charge in [-0.15, -0.1) is 5.10 Å². The number of H-pyrrole nitrogens is 1. The third kappa shape index (κ3) is 3.96. The van der Waals surface area contributed by atoms with Crippen LogP contribution in [0.3, 0.4) is 0 Å². The zero-order chi connectivity index (χ0) is 17.0. The molecule has 130 valence electrons. The molecule has 0 spiro atoms. The van der Waals surface area contributed by atoms with Gasteiger partial charge in [-0.2, -0.15) is 0 Å². The van der Waals surface area contributed by atoms with E-state index >= 15 is 0 Å². The number of nitrogens with zero attached hydrogens (tertiary/aromatic N) is 2. The van der Waals surface area contributed by atoms with Gasteiger partial charge in [0.2, 0.25) is 5.16 Å². The molecule has 1 saturated heterocycles. The summed E-state index contributed by atoms with van der Waals surface area (Å²) in [5.41, 5.74) is 0.867. The van der Waals surface area contributed by atoms with E-state index in [1.165, 1.54) is 12.1 Å². The SMILES string of the molecule is CC(C)c1nc(SCCCC2(c3ccc(F)cc3)OCCO2)n[nH]1. The van der Waals surface area contributed by atoms with Crippen LogP contribution < -0.4 is 0 Å². The second kappa shape index (κ2) is 7.63. The van der Waals surface area contributed by atoms with Crippen molar-refractivity contribution >= 4 is 11.8 Å². The first-order valence-electron chi connectivity index (χ1n) is 8.18. The Bertz CT molecular complexity index is 654. The molecule has 1 aromatic carbocycles. The van der Waals surface area contributed by atoms with Crippen LogP contribution in [0, 0.1) is 5.82 Å². The molecule has 5 nitrogen and oxygen atoms in total. The van der Waals surface area contributed by atoms with Crippen molar-refractivity contribution in [2.45, 2.75) is 43.6 Å². The molecular formula is C17H22FN3O2S. The van der Waals surface area contributed by atoms with Crippen LogP contribution in [0.25, 0.3) is 0 Å². The number of hydrogen-bond acceptors (Lipinski definition) is 5. The average molecular weight is 351 g/mol. The number of rotatable bonds is 7. The van der Waals surface area contributed by atoms with Gasteiger partial charge >= 0.3 is 0 Å². The summed E-state index contributed by atoms with van der Waals surface area (Å²) >= 11 is 1.61. The average Bonchev–Trinajstić information content (AvgIpc) is 3.22. The highest BCUT2D eigenvalue weighted by atomic mass is 32.2. The van der Waals surface area contributed by atoms with Crippen molar-refractivity contribution in [1.82, 2.24) is 15.2 Å². The van der Waals surface area contributed by atoms with Crippen LogP contribution in [0.4, 0.5) is 4.39 Å². The molecule has 24 heavy (non-hydrogen) atoms. The molecule has 0 aliphatic carbocycles. The summed E-state index contributed by atoms with van der Waals surface area (Å²) in [6.45, 7) is 5.28. The van der Waals surface area contributed by atoms with Gasteiger partial charge < -0.3 is 9.47 Å². The first-order chi connectivity index (χ1) is 11.6. The standard InChI is InChI=1S/C17H22FN3O2S/c1-12(2)15-19-16(21-20-15)24-11-3-8-17(22-9-10-23-17)13-4-6-14(18)7-5-13/h4-7,12H,3,8-11H2,1-2H3,(H,19,20,21). The smallest absolute Gasteiger partial charge is 0.208 e. The van der Waals surface area contributed by atoms with E-state index in [-0.39, 0.29) is 5.82 Å². The molecule has 3 rings (SSSR count). The van der Waals surface area contributed by atoms with Crippen molar-refractivity contribution in [2.75, 3.05) is 19.0 Å². The number of aromatic amines is 1. The lowest BCUT2D eigenvalue weighted by Gasteiger charge is -2.27. The lowest BCUT2D eigenvalue weighted by atomic mass is 10.0. The van der Waals surface area contributed by atoms with E-state index in [1.807, 2.05) is 0 Å². The highest BCUT2D eigenvalue weighted by Gasteiger charge is 2.37. The molecule has 1 aliphatic rings. The summed E-state index contributed by atoms with van der Waals surface area (Å²) in [4.78, 5) is 4.46. The van der Waals surface area contributed by atoms with Crippen molar-refractivity contribution in [1.29, 1.82) is 0 Å². The predicted molar refractivity (Wildman–Crippen MR) is 90.4 cm³/mol. The van der Waals surface area contributed by atoms with Crippen molar-refractivity contribution in [3.8, 4) is 0 Å². The van der Waals surface area contributed by atoms with E-state index in [0.29, 0.717) is 25.6 Å². The molecule has 1 fully saturated rings. The maximum absolute atomic E-state index is 13.1. The first kappa shape index (κ1) is 17.4. The maximum Gasteiger partial charge on any atom is 0.208 e. The van der Waals surface area contributed by atoms with E-state index in [1.54, 1.807) is 23.9 Å². The molecular weight excluding hydrogens is 329 g/mol. The summed E-state index contributed by atoms with van der Waals surface area (Å²) in [6.07, 6.45) is 1.60. The normalized spacial score (nSPS) is 16.8. The Morgan fingerprint density at radius 1 is 1.25 bits per heavy atom. The zero-order valence-electron chi connectivity index (χ0n) is 13.9. The molecule has 0 atom stereocenters. The molecule has 0 bridgehead atoms. The number of ether oxygens (including phenoxy) is 2. The molecule has 1 aromatic heterocycles. The summed E-state index contributed by atoms with van der Waals surface area (Å²) in [6, 6.07) is 6.35. The number of benzene rings is 1. The number of thioether (sulfide) groups is 1. The number of halogens is 1. The summed E-state index contributed by atoms with van der Waals surface area (Å²) in [5, 5.41) is 7.94. The minimum Gasteiger partial charge on any atom is -0.343 e. The van der Waals surface area contributed by atoms with Gasteiger partial charge in [-0.3, -0.25) is 5.10 Å². The van der Waals surface area contributed by atoms with Gasteiger partial charge in [0.25, 0.3) is 0 Å². The summed E-state index contributed by atoms with van der Waals surface area (Å²) < 4.78 is 24.9. The predicted octanol–water partition coefficient (Wildman–Crippen LogP) is 3.84. The topological polar surface area (TPSA) is 60.0 Å². The van der Waals surface area contributed by atoms with Gasteiger partial charge in [0, 0.05) is 23.7 Å². The first-order valence-corrected chi connectivity index (χ1v) is 9.17. The van der Waals surface area contributed by atoms with Gasteiger partial charge in [0.05, 0.1) is 13.2 Å². The zero-order valence-corrected chi connectivity index (χ0v) is 14.7. The van der Waals surface area contributed by atoms with Crippen LogP contribution in [-0.2, 0) is 15.3 Å². The highest BCUT2D eigenvalue weighted by Crippen LogP contribution is 2.36. The molecule has 0 radical (unpaired) electrons. The molecule has 0 saturated carbocycles. The summed E-state index contributed by atoms with van der Waals surface area (Å²) in [5.74, 6) is 1.10. The minimum absolute atomic E-state index is 0.256. The third-order valence-electron chi connectivity index (χ3n) is 3.95. The third-order valence-corrected chi connectivity index (χ3v) is 4.88. The van der Waals surface area contributed by atoms with Crippen LogP contribution in [0.5, 0.6) is 0 Å². The van der Waals surface area contributed by atoms with Crippen LogP contribution in [0.15, 0.2) is 29.4 Å². The Hall–Kier alpha value is -1.44. The van der Waals surface area contributed by atoms with E-state index in [9.17, 15) is 4.39 Å². The molecule has 7 heteroatoms. The largest absolute Gasteiger partial charge is 0.343 e. The number of hydrogen-bond donors (Lipinski definition) is 1. The second-order valence-corrected chi connectivity index (χ2v) is 7.13. The molecule has 0 amide bonds. The van der Waals surface area contributed by atoms with Crippen molar-refractivity contribution < 1.29 is 13.9 Å². The van der Waals surface area contributed by atoms with Gasteiger partial charge in [-0.05, 0) is 18.6 Å². The van der Waals surface area contributed by atoms with Crippen molar-refractivity contribution in [2.24, 2.45) is 0 Å². The maximum atomic E-state index is 13.1. The van der Waals surface area contributed by atoms with Crippen LogP contribution in [0.1, 0.15) is 44.0 Å². The van der Waals surface area contributed by atoms with E-state index < -0.39 is 5.79 Å². The van der Waals surface area contributed by atoms with Gasteiger partial charge in [-0.25, -0.2) is 9.37 Å². The molecule has 1 N–H and O–H groups in total. The van der Waals surface area contributed by atoms with Gasteiger partial charge in [0.1, 0.15) is 11.6 Å². The molecule has 2 heterocycles. The van der Waals surface area contributed by atoms with E-state index in [2.05, 4.69) is 29.0 Å². The Labute approximate surface area is 145 Å².